The summed E-state index contributed by atoms with van der Waals surface area (Å²) in [6, 6.07) is 6.36. The maximum absolute atomic E-state index is 13.1. The smallest absolute Gasteiger partial charge is 0.325 e. The lowest BCUT2D eigenvalue weighted by Crippen LogP contribution is -2.54. The summed E-state index contributed by atoms with van der Waals surface area (Å²) in [5.41, 5.74) is -0.355. The molecule has 9 heteroatoms. The summed E-state index contributed by atoms with van der Waals surface area (Å²) in [5, 5.41) is 5.57. The standard InChI is InChI=1S/C22H30N4O5/c1-4-25(13-18(27)23-16-9-7-10-17(12-16)31-3)19(28)14-26-20(29)22(24-21(26)30)11-6-5-8-15(22)2/h7,9-10,12,15H,4-6,8,11,13-14H2,1-3H3,(H,23,27)(H,24,30). The number of urea groups is 1. The first-order valence-electron chi connectivity index (χ1n) is 10.7. The minimum absolute atomic E-state index is 0.0220. The Balaban J connectivity index is 1.62. The van der Waals surface area contributed by atoms with Crippen molar-refractivity contribution in [2.45, 2.75) is 45.1 Å². The number of hydrogen-bond acceptors (Lipinski definition) is 5. The van der Waals surface area contributed by atoms with Gasteiger partial charge in [-0.15, -0.1) is 0 Å². The minimum atomic E-state index is -0.906. The molecule has 0 aromatic heterocycles. The number of nitrogens with one attached hydrogen (secondary N) is 2. The second-order valence-corrected chi connectivity index (χ2v) is 8.13. The van der Waals surface area contributed by atoms with Crippen molar-refractivity contribution in [1.29, 1.82) is 0 Å². The third-order valence-corrected chi connectivity index (χ3v) is 6.22. The van der Waals surface area contributed by atoms with Crippen molar-refractivity contribution >= 4 is 29.4 Å². The molecule has 31 heavy (non-hydrogen) atoms. The van der Waals surface area contributed by atoms with Crippen LogP contribution >= 0.6 is 0 Å². The van der Waals surface area contributed by atoms with Crippen molar-refractivity contribution in [3.05, 3.63) is 24.3 Å². The number of amides is 5. The summed E-state index contributed by atoms with van der Waals surface area (Å²) in [6.07, 6.45) is 3.34. The van der Waals surface area contributed by atoms with Gasteiger partial charge in [-0.2, -0.15) is 0 Å². The average molecular weight is 431 g/mol. The van der Waals surface area contributed by atoms with E-state index in [1.54, 1.807) is 31.2 Å². The Labute approximate surface area is 182 Å². The molecule has 9 nitrogen and oxygen atoms in total. The van der Waals surface area contributed by atoms with Crippen molar-refractivity contribution in [3.8, 4) is 5.75 Å². The molecule has 2 N–H and O–H groups in total. The number of hydrogen-bond donors (Lipinski definition) is 2. The molecule has 0 radical (unpaired) electrons. The summed E-state index contributed by atoms with van der Waals surface area (Å²) < 4.78 is 5.14. The van der Waals surface area contributed by atoms with Crippen molar-refractivity contribution in [1.82, 2.24) is 15.1 Å². The molecule has 0 bridgehead atoms. The summed E-state index contributed by atoms with van der Waals surface area (Å²) in [4.78, 5) is 53.1. The summed E-state index contributed by atoms with van der Waals surface area (Å²) in [5.74, 6) is -0.542. The van der Waals surface area contributed by atoms with Crippen molar-refractivity contribution < 1.29 is 23.9 Å². The van der Waals surface area contributed by atoms with Gasteiger partial charge in [0.05, 0.1) is 13.7 Å². The monoisotopic (exact) mass is 430 g/mol. The Morgan fingerprint density at radius 2 is 2.10 bits per heavy atom. The van der Waals surface area contributed by atoms with Crippen molar-refractivity contribution in [2.75, 3.05) is 32.1 Å². The SMILES string of the molecule is CCN(CC(=O)Nc1cccc(OC)c1)C(=O)CN1C(=O)NC2(CCCCC2C)C1=O. The van der Waals surface area contributed by atoms with Crippen LogP contribution in [0.1, 0.15) is 39.5 Å². The molecule has 1 heterocycles. The van der Waals surface area contributed by atoms with E-state index in [-0.39, 0.29) is 37.4 Å². The summed E-state index contributed by atoms with van der Waals surface area (Å²) >= 11 is 0. The number of ether oxygens (including phenoxy) is 1. The highest BCUT2D eigenvalue weighted by atomic mass is 16.5. The molecule has 2 unspecified atom stereocenters. The predicted octanol–water partition coefficient (Wildman–Crippen LogP) is 1.98. The molecule has 2 atom stereocenters. The van der Waals surface area contributed by atoms with Crippen LogP contribution in [0.25, 0.3) is 0 Å². The number of imide groups is 1. The van der Waals surface area contributed by atoms with Gasteiger partial charge in [0.15, 0.2) is 0 Å². The lowest BCUT2D eigenvalue weighted by molar-refractivity contribution is -0.141. The molecule has 1 aliphatic heterocycles. The van der Waals surface area contributed by atoms with Crippen LogP contribution in [-0.4, -0.2) is 65.8 Å². The quantitative estimate of drug-likeness (QED) is 0.643. The van der Waals surface area contributed by atoms with Gasteiger partial charge in [-0.1, -0.05) is 25.8 Å². The van der Waals surface area contributed by atoms with Crippen LogP contribution in [0.2, 0.25) is 0 Å². The number of methoxy groups -OCH3 is 1. The zero-order valence-electron chi connectivity index (χ0n) is 18.3. The molecule has 1 spiro atoms. The topological polar surface area (TPSA) is 108 Å². The van der Waals surface area contributed by atoms with E-state index in [2.05, 4.69) is 10.6 Å². The van der Waals surface area contributed by atoms with Crippen LogP contribution < -0.4 is 15.4 Å². The Kier molecular flexibility index (Phi) is 6.82. The van der Waals surface area contributed by atoms with Gasteiger partial charge in [0.25, 0.3) is 5.91 Å². The van der Waals surface area contributed by atoms with Crippen LogP contribution in [0, 0.1) is 5.92 Å². The highest BCUT2D eigenvalue weighted by Crippen LogP contribution is 2.38. The predicted molar refractivity (Wildman–Crippen MR) is 114 cm³/mol. The second kappa shape index (κ2) is 9.36. The van der Waals surface area contributed by atoms with Crippen LogP contribution in [0.4, 0.5) is 10.5 Å². The Morgan fingerprint density at radius 3 is 2.77 bits per heavy atom. The van der Waals surface area contributed by atoms with E-state index in [9.17, 15) is 19.2 Å². The number of rotatable bonds is 7. The number of likely N-dealkylation sites (N-methyl/N-ethyl adjacent to an activating group) is 1. The molecule has 1 aromatic rings. The van der Waals surface area contributed by atoms with Gasteiger partial charge in [0.2, 0.25) is 11.8 Å². The molecule has 1 aliphatic carbocycles. The van der Waals surface area contributed by atoms with Crippen LogP contribution in [-0.2, 0) is 14.4 Å². The van der Waals surface area contributed by atoms with Crippen molar-refractivity contribution in [3.63, 3.8) is 0 Å². The van der Waals surface area contributed by atoms with E-state index in [1.165, 1.54) is 12.0 Å². The number of carbonyl (C=O) groups is 4. The molecule has 1 saturated heterocycles. The maximum Gasteiger partial charge on any atom is 0.325 e. The van der Waals surface area contributed by atoms with E-state index in [0.29, 0.717) is 17.9 Å². The normalized spacial score (nSPS) is 22.9. The minimum Gasteiger partial charge on any atom is -0.497 e. The van der Waals surface area contributed by atoms with Crippen LogP contribution in [0.15, 0.2) is 24.3 Å². The van der Waals surface area contributed by atoms with Crippen molar-refractivity contribution in [2.24, 2.45) is 5.92 Å². The van der Waals surface area contributed by atoms with Gasteiger partial charge in [0, 0.05) is 18.3 Å². The van der Waals surface area contributed by atoms with Crippen LogP contribution in [0.5, 0.6) is 5.75 Å². The molecule has 168 valence electrons. The lowest BCUT2D eigenvalue weighted by Gasteiger charge is -2.36. The number of nitrogens with zero attached hydrogens (tertiary/aromatic N) is 2. The van der Waals surface area contributed by atoms with Crippen LogP contribution in [0.3, 0.4) is 0 Å². The molecule has 5 amide bonds. The third kappa shape index (κ3) is 4.65. The molecule has 1 saturated carbocycles. The van der Waals surface area contributed by atoms with Gasteiger partial charge >= 0.3 is 6.03 Å². The highest BCUT2D eigenvalue weighted by molar-refractivity contribution is 6.09. The molecular formula is C22H30N4O5. The van der Waals surface area contributed by atoms with E-state index in [1.807, 2.05) is 6.92 Å². The fourth-order valence-electron chi connectivity index (χ4n) is 4.33. The lowest BCUT2D eigenvalue weighted by atomic mass is 9.73. The van der Waals surface area contributed by atoms with Gasteiger partial charge in [-0.05, 0) is 37.8 Å². The molecule has 3 rings (SSSR count). The molecular weight excluding hydrogens is 400 g/mol. The Bertz CT molecular complexity index is 873. The van der Waals surface area contributed by atoms with Gasteiger partial charge in [-0.25, -0.2) is 4.79 Å². The highest BCUT2D eigenvalue weighted by Gasteiger charge is 2.55. The fraction of sp³-hybridized carbons (Fsp3) is 0.545. The first-order valence-corrected chi connectivity index (χ1v) is 10.7. The average Bonchev–Trinajstić information content (AvgIpc) is 2.99. The van der Waals surface area contributed by atoms with Gasteiger partial charge < -0.3 is 20.3 Å². The summed E-state index contributed by atoms with van der Waals surface area (Å²) in [6.45, 7) is 3.42. The van der Waals surface area contributed by atoms with E-state index in [4.69, 9.17) is 4.74 Å². The zero-order chi connectivity index (χ0) is 22.6. The maximum atomic E-state index is 13.1. The van der Waals surface area contributed by atoms with E-state index < -0.39 is 17.5 Å². The van der Waals surface area contributed by atoms with E-state index in [0.717, 1.165) is 24.2 Å². The number of anilines is 1. The number of carbonyl (C=O) groups excluding carboxylic acids is 4. The van der Waals surface area contributed by atoms with E-state index >= 15 is 0 Å². The summed E-state index contributed by atoms with van der Waals surface area (Å²) in [7, 11) is 1.53. The Hall–Kier alpha value is -3.10. The molecule has 2 aliphatic rings. The first kappa shape index (κ1) is 22.6. The fourth-order valence-corrected chi connectivity index (χ4v) is 4.33. The van der Waals surface area contributed by atoms with Gasteiger partial charge in [-0.3, -0.25) is 19.3 Å². The largest absolute Gasteiger partial charge is 0.497 e. The molecule has 1 aromatic carbocycles. The second-order valence-electron chi connectivity index (χ2n) is 8.13. The zero-order valence-corrected chi connectivity index (χ0v) is 18.3. The number of benzene rings is 1. The Morgan fingerprint density at radius 1 is 1.32 bits per heavy atom. The molecule has 2 fully saturated rings. The third-order valence-electron chi connectivity index (χ3n) is 6.22. The first-order chi connectivity index (χ1) is 14.8. The van der Waals surface area contributed by atoms with Gasteiger partial charge in [0.1, 0.15) is 17.8 Å².